The van der Waals surface area contributed by atoms with Gasteiger partial charge in [0.05, 0.1) is 28.4 Å². The number of carbonyl (C=O) groups is 1. The van der Waals surface area contributed by atoms with Crippen LogP contribution in [0.4, 0.5) is 10.1 Å². The average Bonchev–Trinajstić information content (AvgIpc) is 2.97. The Labute approximate surface area is 250 Å². The Morgan fingerprint density at radius 2 is 1.73 bits per heavy atom. The van der Waals surface area contributed by atoms with E-state index in [-0.39, 0.29) is 17.2 Å². The van der Waals surface area contributed by atoms with Crippen LogP contribution in [0.3, 0.4) is 0 Å². The van der Waals surface area contributed by atoms with E-state index < -0.39 is 28.3 Å². The second-order valence-corrected chi connectivity index (χ2v) is 11.7. The normalized spacial score (nSPS) is 11.3. The van der Waals surface area contributed by atoms with Crippen molar-refractivity contribution < 1.29 is 27.1 Å². The SMILES string of the molecule is COc1cc(/C=N\NC(=O)CN(c2ccccc2F)S(=O)(=O)c2ccccc2)cc(Br)c1OCc1ccc(Cl)cc1. The summed E-state index contributed by atoms with van der Waals surface area (Å²) in [6.45, 7) is -0.431. The van der Waals surface area contributed by atoms with Gasteiger partial charge in [-0.05, 0) is 75.6 Å². The van der Waals surface area contributed by atoms with Gasteiger partial charge in [0, 0.05) is 5.02 Å². The first-order chi connectivity index (χ1) is 19.7. The highest BCUT2D eigenvalue weighted by atomic mass is 79.9. The van der Waals surface area contributed by atoms with Crippen LogP contribution in [0, 0.1) is 5.82 Å². The molecular weight excluding hydrogens is 637 g/mol. The number of nitrogens with one attached hydrogen (secondary N) is 1. The third-order valence-electron chi connectivity index (χ3n) is 5.69. The zero-order chi connectivity index (χ0) is 29.4. The molecule has 0 saturated carbocycles. The van der Waals surface area contributed by atoms with E-state index in [9.17, 15) is 17.6 Å². The van der Waals surface area contributed by atoms with E-state index in [4.69, 9.17) is 21.1 Å². The Kier molecular flexibility index (Phi) is 9.98. The van der Waals surface area contributed by atoms with Crippen molar-refractivity contribution >= 4 is 55.4 Å². The number of hydrazone groups is 1. The lowest BCUT2D eigenvalue weighted by Gasteiger charge is -2.24. The van der Waals surface area contributed by atoms with Crippen molar-refractivity contribution in [3.8, 4) is 11.5 Å². The van der Waals surface area contributed by atoms with Crippen molar-refractivity contribution in [1.29, 1.82) is 0 Å². The molecule has 0 saturated heterocycles. The van der Waals surface area contributed by atoms with E-state index >= 15 is 0 Å². The number of halogens is 3. The molecule has 4 aromatic carbocycles. The monoisotopic (exact) mass is 659 g/mol. The molecule has 4 rings (SSSR count). The third kappa shape index (κ3) is 7.63. The molecule has 0 unspecified atom stereocenters. The summed E-state index contributed by atoms with van der Waals surface area (Å²) in [5, 5.41) is 4.57. The van der Waals surface area contributed by atoms with E-state index in [0.29, 0.717) is 30.9 Å². The Morgan fingerprint density at radius 3 is 2.41 bits per heavy atom. The molecule has 0 fully saturated rings. The second kappa shape index (κ2) is 13.6. The summed E-state index contributed by atoms with van der Waals surface area (Å²) in [7, 11) is -2.77. The number of hydrogen-bond acceptors (Lipinski definition) is 6. The summed E-state index contributed by atoms with van der Waals surface area (Å²) in [5.41, 5.74) is 3.50. The lowest BCUT2D eigenvalue weighted by atomic mass is 10.2. The minimum atomic E-state index is -4.26. The topological polar surface area (TPSA) is 97.3 Å². The zero-order valence-corrected chi connectivity index (χ0v) is 24.8. The molecule has 212 valence electrons. The molecule has 1 N–H and O–H groups in total. The summed E-state index contributed by atoms with van der Waals surface area (Å²) < 4.78 is 53.9. The summed E-state index contributed by atoms with van der Waals surface area (Å²) in [4.78, 5) is 12.7. The molecule has 4 aromatic rings. The summed E-state index contributed by atoms with van der Waals surface area (Å²) >= 11 is 9.40. The molecule has 0 aliphatic carbocycles. The van der Waals surface area contributed by atoms with Crippen LogP contribution in [0.5, 0.6) is 11.5 Å². The van der Waals surface area contributed by atoms with Crippen molar-refractivity contribution in [3.05, 3.63) is 117 Å². The Hall–Kier alpha value is -3.93. The van der Waals surface area contributed by atoms with Crippen molar-refractivity contribution in [3.63, 3.8) is 0 Å². The fraction of sp³-hybridized carbons (Fsp3) is 0.103. The summed E-state index contributed by atoms with van der Waals surface area (Å²) in [6.07, 6.45) is 1.35. The van der Waals surface area contributed by atoms with Gasteiger partial charge in [0.2, 0.25) is 0 Å². The average molecular weight is 661 g/mol. The Balaban J connectivity index is 1.48. The van der Waals surface area contributed by atoms with Crippen LogP contribution in [0.2, 0.25) is 5.02 Å². The van der Waals surface area contributed by atoms with E-state index in [1.807, 2.05) is 12.1 Å². The van der Waals surface area contributed by atoms with Gasteiger partial charge in [0.25, 0.3) is 15.9 Å². The van der Waals surface area contributed by atoms with Crippen LogP contribution in [-0.2, 0) is 21.4 Å². The highest BCUT2D eigenvalue weighted by Gasteiger charge is 2.29. The van der Waals surface area contributed by atoms with Gasteiger partial charge in [-0.1, -0.05) is 54.1 Å². The number of rotatable bonds is 11. The van der Waals surface area contributed by atoms with Crippen LogP contribution in [0.1, 0.15) is 11.1 Å². The second-order valence-electron chi connectivity index (χ2n) is 8.52. The first kappa shape index (κ1) is 30.0. The molecule has 0 radical (unpaired) electrons. The van der Waals surface area contributed by atoms with Gasteiger partial charge < -0.3 is 9.47 Å². The van der Waals surface area contributed by atoms with Crippen molar-refractivity contribution in [2.24, 2.45) is 5.10 Å². The first-order valence-corrected chi connectivity index (χ1v) is 14.7. The number of nitrogens with zero attached hydrogens (tertiary/aromatic N) is 2. The minimum absolute atomic E-state index is 0.0881. The fourth-order valence-electron chi connectivity index (χ4n) is 3.71. The highest BCUT2D eigenvalue weighted by Crippen LogP contribution is 2.37. The fourth-order valence-corrected chi connectivity index (χ4v) is 5.86. The molecular formula is C29H24BrClFN3O5S. The largest absolute Gasteiger partial charge is 0.493 e. The van der Waals surface area contributed by atoms with Gasteiger partial charge >= 0.3 is 0 Å². The van der Waals surface area contributed by atoms with Crippen LogP contribution in [0.15, 0.2) is 105 Å². The molecule has 0 spiro atoms. The van der Waals surface area contributed by atoms with Crippen LogP contribution < -0.4 is 19.2 Å². The molecule has 1 amide bonds. The van der Waals surface area contributed by atoms with Crippen molar-refractivity contribution in [1.82, 2.24) is 5.43 Å². The lowest BCUT2D eigenvalue weighted by Crippen LogP contribution is -2.40. The number of para-hydroxylation sites is 1. The van der Waals surface area contributed by atoms with Crippen molar-refractivity contribution in [2.45, 2.75) is 11.5 Å². The van der Waals surface area contributed by atoms with Crippen LogP contribution in [0.25, 0.3) is 0 Å². The highest BCUT2D eigenvalue weighted by molar-refractivity contribution is 9.10. The zero-order valence-electron chi connectivity index (χ0n) is 21.6. The molecule has 8 nitrogen and oxygen atoms in total. The lowest BCUT2D eigenvalue weighted by molar-refractivity contribution is -0.119. The molecule has 0 heterocycles. The third-order valence-corrected chi connectivity index (χ3v) is 8.31. The maximum absolute atomic E-state index is 14.6. The van der Waals surface area contributed by atoms with E-state index in [1.165, 1.54) is 55.8 Å². The predicted molar refractivity (Wildman–Crippen MR) is 160 cm³/mol. The molecule has 0 aromatic heterocycles. The molecule has 12 heteroatoms. The summed E-state index contributed by atoms with van der Waals surface area (Å²) in [6, 6.07) is 23.4. The van der Waals surface area contributed by atoms with Gasteiger partial charge in [0.1, 0.15) is 19.0 Å². The maximum atomic E-state index is 14.6. The molecule has 0 atom stereocenters. The smallest absolute Gasteiger partial charge is 0.264 e. The van der Waals surface area contributed by atoms with Crippen LogP contribution >= 0.6 is 27.5 Å². The first-order valence-electron chi connectivity index (χ1n) is 12.1. The number of anilines is 1. The van der Waals surface area contributed by atoms with Gasteiger partial charge in [-0.15, -0.1) is 0 Å². The quantitative estimate of drug-likeness (QED) is 0.153. The summed E-state index contributed by atoms with van der Waals surface area (Å²) in [5.74, 6) is -0.687. The predicted octanol–water partition coefficient (Wildman–Crippen LogP) is 6.17. The van der Waals surface area contributed by atoms with Gasteiger partial charge in [-0.3, -0.25) is 9.10 Å². The van der Waals surface area contributed by atoms with Gasteiger partial charge in [0.15, 0.2) is 11.5 Å². The number of benzene rings is 4. The van der Waals surface area contributed by atoms with Crippen LogP contribution in [-0.4, -0.2) is 34.2 Å². The van der Waals surface area contributed by atoms with Crippen molar-refractivity contribution in [2.75, 3.05) is 18.0 Å². The molecule has 41 heavy (non-hydrogen) atoms. The number of ether oxygens (including phenoxy) is 2. The van der Waals surface area contributed by atoms with Gasteiger partial charge in [-0.25, -0.2) is 18.2 Å². The number of sulfonamides is 1. The minimum Gasteiger partial charge on any atom is -0.493 e. The Morgan fingerprint density at radius 1 is 1.05 bits per heavy atom. The standard InChI is InChI=1S/C29H24BrClFN3O5S/c1-39-27-16-21(15-24(30)29(27)40-19-20-11-13-22(31)14-12-20)17-33-34-28(36)18-35(26-10-6-5-9-25(26)32)41(37,38)23-7-3-2-4-8-23/h2-17H,18-19H2,1H3,(H,34,36)/b33-17-. The van der Waals surface area contributed by atoms with E-state index in [1.54, 1.807) is 30.3 Å². The molecule has 0 aliphatic rings. The van der Waals surface area contributed by atoms with E-state index in [0.717, 1.165) is 11.6 Å². The molecule has 0 bridgehead atoms. The molecule has 0 aliphatic heterocycles. The number of carbonyl (C=O) groups excluding carboxylic acids is 1. The maximum Gasteiger partial charge on any atom is 0.264 e. The number of hydrogen-bond donors (Lipinski definition) is 1. The van der Waals surface area contributed by atoms with Gasteiger partial charge in [-0.2, -0.15) is 5.10 Å². The number of methoxy groups -OCH3 is 1. The van der Waals surface area contributed by atoms with E-state index in [2.05, 4.69) is 26.5 Å². The number of amides is 1. The Bertz CT molecular complexity index is 1660.